The van der Waals surface area contributed by atoms with Gasteiger partial charge in [-0.15, -0.1) is 0 Å². The zero-order chi connectivity index (χ0) is 22.0. The van der Waals surface area contributed by atoms with Gasteiger partial charge < -0.3 is 10.2 Å². The normalized spacial score (nSPS) is 18.4. The van der Waals surface area contributed by atoms with Gasteiger partial charge in [0.25, 0.3) is 17.4 Å². The van der Waals surface area contributed by atoms with Crippen molar-refractivity contribution in [1.82, 2.24) is 9.97 Å². The Kier molecular flexibility index (Phi) is 5.97. The largest absolute Gasteiger partial charge is 0.339 e. The maximum atomic E-state index is 13.0. The van der Waals surface area contributed by atoms with Gasteiger partial charge in [0.1, 0.15) is 0 Å². The van der Waals surface area contributed by atoms with E-state index in [4.69, 9.17) is 0 Å². The Hall–Kier alpha value is -3.29. The Morgan fingerprint density at radius 1 is 1.19 bits per heavy atom. The number of H-pyrrole nitrogens is 1. The number of rotatable bonds is 5. The highest BCUT2D eigenvalue weighted by molar-refractivity contribution is 6.23. The molecule has 2 aromatic rings. The number of carbonyl (C=O) groups excluding carboxylic acids is 2. The van der Waals surface area contributed by atoms with Gasteiger partial charge >= 0.3 is 0 Å². The third-order valence-electron chi connectivity index (χ3n) is 6.01. The molecular weight excluding hydrogens is 394 g/mol. The predicted molar refractivity (Wildman–Crippen MR) is 118 cm³/mol. The first-order valence-electron chi connectivity index (χ1n) is 10.9. The van der Waals surface area contributed by atoms with E-state index in [9.17, 15) is 14.4 Å². The van der Waals surface area contributed by atoms with Crippen molar-refractivity contribution in [1.29, 1.82) is 0 Å². The topological polar surface area (TPSA) is 108 Å². The number of hydrogen-bond donors (Lipinski definition) is 2. The highest BCUT2D eigenvalue weighted by Gasteiger charge is 2.26. The highest BCUT2D eigenvalue weighted by atomic mass is 16.2. The van der Waals surface area contributed by atoms with Gasteiger partial charge in [-0.3, -0.25) is 19.4 Å². The summed E-state index contributed by atoms with van der Waals surface area (Å²) >= 11 is 0. The van der Waals surface area contributed by atoms with Crippen LogP contribution < -0.4 is 26.5 Å². The molecule has 1 aromatic carbocycles. The number of fused-ring (bicyclic) bond motifs is 1. The van der Waals surface area contributed by atoms with E-state index >= 15 is 0 Å². The van der Waals surface area contributed by atoms with Crippen molar-refractivity contribution in [3.05, 3.63) is 50.9 Å². The van der Waals surface area contributed by atoms with Crippen LogP contribution in [-0.4, -0.2) is 34.4 Å². The van der Waals surface area contributed by atoms with Gasteiger partial charge in [0, 0.05) is 23.8 Å². The Morgan fingerprint density at radius 3 is 2.68 bits per heavy atom. The van der Waals surface area contributed by atoms with Crippen molar-refractivity contribution < 1.29 is 9.59 Å². The van der Waals surface area contributed by atoms with Crippen LogP contribution in [0, 0.1) is 0 Å². The van der Waals surface area contributed by atoms with Crippen molar-refractivity contribution in [3.63, 3.8) is 0 Å². The van der Waals surface area contributed by atoms with Gasteiger partial charge in [0.15, 0.2) is 5.49 Å². The molecule has 2 aliphatic heterocycles. The minimum Gasteiger partial charge on any atom is -0.339 e. The molecule has 0 radical (unpaired) electrons. The lowest BCUT2D eigenvalue weighted by atomic mass is 10.0. The first kappa shape index (κ1) is 21.0. The number of carbonyl (C=O) groups is 2. The second-order valence-electron chi connectivity index (χ2n) is 8.00. The fraction of sp³-hybridized carbons (Fsp3) is 0.435. The first-order chi connectivity index (χ1) is 15.0. The van der Waals surface area contributed by atoms with Gasteiger partial charge in [-0.2, -0.15) is 9.98 Å². The molecular formula is C23H27N5O3. The third-order valence-corrected chi connectivity index (χ3v) is 6.01. The SMILES string of the molecule is CCc1ccc(NC(=O)C2=c3c(nc(N4CCCCC4CC)[nH]c3=O)=NC(=O)C2)cc1. The smallest absolute Gasteiger partial charge is 0.262 e. The molecule has 2 amide bonds. The number of aromatic amines is 1. The molecule has 3 heterocycles. The second kappa shape index (κ2) is 8.83. The summed E-state index contributed by atoms with van der Waals surface area (Å²) in [6.45, 7) is 4.95. The molecule has 0 aliphatic carbocycles. The lowest BCUT2D eigenvalue weighted by Crippen LogP contribution is -2.52. The summed E-state index contributed by atoms with van der Waals surface area (Å²) in [7, 11) is 0. The van der Waals surface area contributed by atoms with Gasteiger partial charge in [-0.25, -0.2) is 0 Å². The summed E-state index contributed by atoms with van der Waals surface area (Å²) in [6, 6.07) is 7.75. The molecule has 8 heteroatoms. The fourth-order valence-electron chi connectivity index (χ4n) is 4.26. The molecule has 2 N–H and O–H groups in total. The molecule has 2 aliphatic rings. The number of aryl methyl sites for hydroxylation is 1. The summed E-state index contributed by atoms with van der Waals surface area (Å²) in [4.78, 5) is 51.6. The number of amides is 2. The Balaban J connectivity index is 1.74. The number of benzene rings is 1. The molecule has 1 unspecified atom stereocenters. The molecule has 0 bridgehead atoms. The van der Waals surface area contributed by atoms with Gasteiger partial charge in [-0.05, 0) is 49.8 Å². The molecule has 1 aromatic heterocycles. The van der Waals surface area contributed by atoms with Crippen LogP contribution >= 0.6 is 0 Å². The van der Waals surface area contributed by atoms with Crippen LogP contribution in [0.25, 0.3) is 5.57 Å². The summed E-state index contributed by atoms with van der Waals surface area (Å²) < 4.78 is 0. The molecule has 31 heavy (non-hydrogen) atoms. The minimum absolute atomic E-state index is 0.0295. The van der Waals surface area contributed by atoms with E-state index < -0.39 is 17.4 Å². The van der Waals surface area contributed by atoms with E-state index in [0.717, 1.165) is 44.2 Å². The van der Waals surface area contributed by atoms with Crippen molar-refractivity contribution >= 4 is 29.0 Å². The second-order valence-corrected chi connectivity index (χ2v) is 8.00. The lowest BCUT2D eigenvalue weighted by Gasteiger charge is -2.35. The molecule has 1 fully saturated rings. The maximum absolute atomic E-state index is 13.0. The minimum atomic E-state index is -0.488. The molecule has 0 spiro atoms. The molecule has 4 rings (SSSR count). The van der Waals surface area contributed by atoms with Crippen LogP contribution in [0.5, 0.6) is 0 Å². The summed E-state index contributed by atoms with van der Waals surface area (Å²) in [5, 5.41) is 2.86. The zero-order valence-corrected chi connectivity index (χ0v) is 17.9. The van der Waals surface area contributed by atoms with Crippen LogP contribution in [0.15, 0.2) is 34.1 Å². The number of nitrogens with one attached hydrogen (secondary N) is 2. The Labute approximate surface area is 180 Å². The summed E-state index contributed by atoms with van der Waals surface area (Å²) in [5.41, 5.74) is 1.44. The number of piperidine rings is 1. The highest BCUT2D eigenvalue weighted by Crippen LogP contribution is 2.22. The van der Waals surface area contributed by atoms with E-state index in [-0.39, 0.29) is 28.7 Å². The standard InChI is InChI=1S/C23H27N5O3/c1-3-14-8-10-15(11-9-14)24-21(30)17-13-18(29)25-20-19(17)22(31)27-23(26-20)28-12-6-5-7-16(28)4-2/h8-11,16H,3-7,12-13H2,1-2H3,(H,24,30)(H,25,26,27,29,31). The van der Waals surface area contributed by atoms with Crippen LogP contribution in [0.1, 0.15) is 51.5 Å². The molecule has 162 valence electrons. The molecule has 1 saturated heterocycles. The van der Waals surface area contributed by atoms with Crippen molar-refractivity contribution in [2.24, 2.45) is 4.99 Å². The fourth-order valence-corrected chi connectivity index (χ4v) is 4.26. The Morgan fingerprint density at radius 2 is 1.97 bits per heavy atom. The van der Waals surface area contributed by atoms with Crippen molar-refractivity contribution in [2.45, 2.75) is 58.4 Å². The van der Waals surface area contributed by atoms with E-state index in [2.05, 4.69) is 39.0 Å². The predicted octanol–water partition coefficient (Wildman–Crippen LogP) is 1.44. The summed E-state index contributed by atoms with van der Waals surface area (Å²) in [5.74, 6) is -0.546. The van der Waals surface area contributed by atoms with Crippen molar-refractivity contribution in [2.75, 3.05) is 16.8 Å². The quantitative estimate of drug-likeness (QED) is 0.760. The molecule has 8 nitrogen and oxygen atoms in total. The monoisotopic (exact) mass is 421 g/mol. The van der Waals surface area contributed by atoms with Crippen LogP contribution in [-0.2, 0) is 16.0 Å². The first-order valence-corrected chi connectivity index (χ1v) is 10.9. The number of aromatic nitrogens is 2. The Bertz CT molecular complexity index is 1180. The number of anilines is 2. The number of nitrogens with zero attached hydrogens (tertiary/aromatic N) is 3. The van der Waals surface area contributed by atoms with Gasteiger partial charge in [-0.1, -0.05) is 26.0 Å². The average Bonchev–Trinajstić information content (AvgIpc) is 2.78. The zero-order valence-electron chi connectivity index (χ0n) is 17.9. The molecule has 1 atom stereocenters. The van der Waals surface area contributed by atoms with E-state index in [1.54, 1.807) is 12.1 Å². The van der Waals surface area contributed by atoms with Crippen LogP contribution in [0.4, 0.5) is 11.6 Å². The average molecular weight is 422 g/mol. The van der Waals surface area contributed by atoms with E-state index in [1.165, 1.54) is 0 Å². The van der Waals surface area contributed by atoms with E-state index in [1.807, 2.05) is 12.1 Å². The van der Waals surface area contributed by atoms with Crippen molar-refractivity contribution in [3.8, 4) is 0 Å². The third kappa shape index (κ3) is 4.28. The maximum Gasteiger partial charge on any atom is 0.262 e. The lowest BCUT2D eigenvalue weighted by molar-refractivity contribution is -0.118. The van der Waals surface area contributed by atoms with Gasteiger partial charge in [0.05, 0.1) is 11.6 Å². The van der Waals surface area contributed by atoms with Gasteiger partial charge in [0.2, 0.25) is 5.95 Å². The summed E-state index contributed by atoms with van der Waals surface area (Å²) in [6.07, 6.45) is 4.80. The van der Waals surface area contributed by atoms with E-state index in [0.29, 0.717) is 11.6 Å². The van der Waals surface area contributed by atoms with Crippen LogP contribution in [0.2, 0.25) is 0 Å². The molecule has 0 saturated carbocycles. The number of hydrogen-bond acceptors (Lipinski definition) is 5. The van der Waals surface area contributed by atoms with Crippen LogP contribution in [0.3, 0.4) is 0 Å².